The molecule has 4 nitrogen and oxygen atoms in total. The van der Waals surface area contributed by atoms with E-state index in [2.05, 4.69) is 46.4 Å². The largest absolute Gasteiger partial charge is 0.352 e. The van der Waals surface area contributed by atoms with Crippen LogP contribution >= 0.6 is 27.7 Å². The van der Waals surface area contributed by atoms with E-state index in [1.165, 1.54) is 11.1 Å². The van der Waals surface area contributed by atoms with Gasteiger partial charge in [0.05, 0.1) is 5.75 Å². The van der Waals surface area contributed by atoms with Crippen molar-refractivity contribution in [1.29, 1.82) is 0 Å². The first kappa shape index (κ1) is 24.5. The lowest BCUT2D eigenvalue weighted by molar-refractivity contribution is -0.138. The lowest BCUT2D eigenvalue weighted by atomic mass is 10.1. The summed E-state index contributed by atoms with van der Waals surface area (Å²) >= 11 is 5.02. The standard InChI is InChI=1S/C24H31BrN2O2S/c1-5-18(3)26-24(29)19(4)27(14-20-9-11-22(25)12-10-20)23(28)16-30-15-21-8-6-7-17(2)13-21/h6-13,18-19H,5,14-16H2,1-4H3,(H,26,29)/t18-,19-/m1/s1. The highest BCUT2D eigenvalue weighted by Crippen LogP contribution is 2.18. The molecular weight excluding hydrogens is 460 g/mol. The molecule has 6 heteroatoms. The van der Waals surface area contributed by atoms with E-state index in [1.54, 1.807) is 23.6 Å². The molecule has 0 saturated heterocycles. The number of thioether (sulfide) groups is 1. The summed E-state index contributed by atoms with van der Waals surface area (Å²) in [6.45, 7) is 8.29. The fourth-order valence-corrected chi connectivity index (χ4v) is 4.10. The highest BCUT2D eigenvalue weighted by Gasteiger charge is 2.26. The topological polar surface area (TPSA) is 49.4 Å². The van der Waals surface area contributed by atoms with E-state index in [4.69, 9.17) is 0 Å². The van der Waals surface area contributed by atoms with Crippen molar-refractivity contribution in [3.05, 3.63) is 69.7 Å². The van der Waals surface area contributed by atoms with Crippen molar-refractivity contribution in [3.8, 4) is 0 Å². The molecule has 0 aliphatic rings. The predicted molar refractivity (Wildman–Crippen MR) is 129 cm³/mol. The zero-order valence-corrected chi connectivity index (χ0v) is 20.6. The van der Waals surface area contributed by atoms with Gasteiger partial charge in [0.15, 0.2) is 0 Å². The van der Waals surface area contributed by atoms with Crippen LogP contribution in [0.25, 0.3) is 0 Å². The number of hydrogen-bond donors (Lipinski definition) is 1. The maximum absolute atomic E-state index is 13.1. The van der Waals surface area contributed by atoms with Gasteiger partial charge in [0.1, 0.15) is 6.04 Å². The third-order valence-electron chi connectivity index (χ3n) is 5.01. The van der Waals surface area contributed by atoms with Crippen LogP contribution in [0, 0.1) is 6.92 Å². The van der Waals surface area contributed by atoms with Gasteiger partial charge in [0, 0.05) is 22.8 Å². The van der Waals surface area contributed by atoms with Gasteiger partial charge in [0.2, 0.25) is 11.8 Å². The van der Waals surface area contributed by atoms with Crippen molar-refractivity contribution >= 4 is 39.5 Å². The zero-order valence-electron chi connectivity index (χ0n) is 18.2. The van der Waals surface area contributed by atoms with E-state index < -0.39 is 6.04 Å². The number of nitrogens with one attached hydrogen (secondary N) is 1. The summed E-state index contributed by atoms with van der Waals surface area (Å²) in [6.07, 6.45) is 0.853. The van der Waals surface area contributed by atoms with Crippen molar-refractivity contribution in [2.24, 2.45) is 0 Å². The number of rotatable bonds is 10. The Kier molecular flexibility index (Phi) is 9.92. The van der Waals surface area contributed by atoms with Gasteiger partial charge in [-0.05, 0) is 50.5 Å². The van der Waals surface area contributed by atoms with E-state index in [0.29, 0.717) is 12.3 Å². The molecule has 0 bridgehead atoms. The van der Waals surface area contributed by atoms with Crippen molar-refractivity contribution in [2.75, 3.05) is 5.75 Å². The number of carbonyl (C=O) groups excluding carboxylic acids is 2. The van der Waals surface area contributed by atoms with E-state index in [0.717, 1.165) is 22.2 Å². The Labute approximate surface area is 192 Å². The monoisotopic (exact) mass is 490 g/mol. The number of benzene rings is 2. The summed E-state index contributed by atoms with van der Waals surface area (Å²) in [4.78, 5) is 27.5. The molecule has 0 aliphatic heterocycles. The average Bonchev–Trinajstić information content (AvgIpc) is 2.72. The SMILES string of the molecule is CC[C@@H](C)NC(=O)[C@@H](C)N(Cc1ccc(Br)cc1)C(=O)CSCc1cccc(C)c1. The highest BCUT2D eigenvalue weighted by atomic mass is 79.9. The first-order valence-corrected chi connectivity index (χ1v) is 12.2. The number of nitrogens with zero attached hydrogens (tertiary/aromatic N) is 1. The van der Waals surface area contributed by atoms with Crippen LogP contribution in [0.3, 0.4) is 0 Å². The molecule has 0 spiro atoms. The molecule has 0 saturated carbocycles. The molecule has 0 unspecified atom stereocenters. The lowest BCUT2D eigenvalue weighted by Gasteiger charge is -2.29. The zero-order chi connectivity index (χ0) is 22.1. The third kappa shape index (κ3) is 7.80. The molecule has 2 aromatic carbocycles. The molecule has 2 rings (SSSR count). The van der Waals surface area contributed by atoms with Crippen LogP contribution in [0.5, 0.6) is 0 Å². The van der Waals surface area contributed by atoms with Gasteiger partial charge in [-0.15, -0.1) is 11.8 Å². The summed E-state index contributed by atoms with van der Waals surface area (Å²) in [7, 11) is 0. The second-order valence-corrected chi connectivity index (χ2v) is 9.53. The number of aryl methyl sites for hydroxylation is 1. The molecule has 0 fully saturated rings. The molecule has 2 amide bonds. The van der Waals surface area contributed by atoms with Crippen LogP contribution in [0.15, 0.2) is 53.0 Å². The second kappa shape index (κ2) is 12.2. The van der Waals surface area contributed by atoms with Crippen molar-refractivity contribution in [2.45, 2.75) is 58.5 Å². The van der Waals surface area contributed by atoms with Crippen LogP contribution in [-0.2, 0) is 21.9 Å². The minimum atomic E-state index is -0.533. The quantitative estimate of drug-likeness (QED) is 0.489. The van der Waals surface area contributed by atoms with Gasteiger partial charge in [-0.3, -0.25) is 9.59 Å². The van der Waals surface area contributed by atoms with Crippen LogP contribution in [-0.4, -0.2) is 34.6 Å². The molecule has 0 heterocycles. The molecule has 0 aliphatic carbocycles. The molecular formula is C24H31BrN2O2S. The summed E-state index contributed by atoms with van der Waals surface area (Å²) in [6, 6.07) is 15.7. The van der Waals surface area contributed by atoms with Gasteiger partial charge in [-0.2, -0.15) is 0 Å². The maximum atomic E-state index is 13.1. The first-order valence-electron chi connectivity index (χ1n) is 10.3. The molecule has 2 aromatic rings. The summed E-state index contributed by atoms with van der Waals surface area (Å²) in [5.74, 6) is 0.971. The van der Waals surface area contributed by atoms with E-state index >= 15 is 0 Å². The predicted octanol–water partition coefficient (Wildman–Crippen LogP) is 5.32. The fraction of sp³-hybridized carbons (Fsp3) is 0.417. The Hall–Kier alpha value is -1.79. The van der Waals surface area contributed by atoms with Gasteiger partial charge >= 0.3 is 0 Å². The van der Waals surface area contributed by atoms with Crippen LogP contribution in [0.1, 0.15) is 43.9 Å². The minimum absolute atomic E-state index is 0.0256. The average molecular weight is 491 g/mol. The van der Waals surface area contributed by atoms with Crippen molar-refractivity contribution < 1.29 is 9.59 Å². The Balaban J connectivity index is 2.07. The van der Waals surface area contributed by atoms with Crippen molar-refractivity contribution in [3.63, 3.8) is 0 Å². The summed E-state index contributed by atoms with van der Waals surface area (Å²) in [5, 5.41) is 3.00. The van der Waals surface area contributed by atoms with Gasteiger partial charge in [-0.1, -0.05) is 64.8 Å². The normalized spacial score (nSPS) is 12.8. The van der Waals surface area contributed by atoms with Crippen LogP contribution in [0.4, 0.5) is 0 Å². The van der Waals surface area contributed by atoms with Gasteiger partial charge < -0.3 is 10.2 Å². The Bertz CT molecular complexity index is 841. The third-order valence-corrected chi connectivity index (χ3v) is 6.53. The second-order valence-electron chi connectivity index (χ2n) is 7.62. The molecule has 162 valence electrons. The first-order chi connectivity index (χ1) is 14.3. The Morgan fingerprint density at radius 1 is 1.10 bits per heavy atom. The lowest BCUT2D eigenvalue weighted by Crippen LogP contribution is -2.50. The number of carbonyl (C=O) groups is 2. The van der Waals surface area contributed by atoms with Crippen LogP contribution < -0.4 is 5.32 Å². The Morgan fingerprint density at radius 3 is 2.43 bits per heavy atom. The molecule has 0 aromatic heterocycles. The number of hydrogen-bond acceptors (Lipinski definition) is 3. The van der Waals surface area contributed by atoms with Gasteiger partial charge in [0.25, 0.3) is 0 Å². The molecule has 2 atom stereocenters. The summed E-state index contributed by atoms with van der Waals surface area (Å²) in [5.41, 5.74) is 3.42. The Morgan fingerprint density at radius 2 is 1.80 bits per heavy atom. The molecule has 1 N–H and O–H groups in total. The van der Waals surface area contributed by atoms with E-state index in [1.807, 2.05) is 44.2 Å². The summed E-state index contributed by atoms with van der Waals surface area (Å²) < 4.78 is 0.986. The maximum Gasteiger partial charge on any atom is 0.242 e. The molecule has 30 heavy (non-hydrogen) atoms. The van der Waals surface area contributed by atoms with E-state index in [9.17, 15) is 9.59 Å². The number of halogens is 1. The highest BCUT2D eigenvalue weighted by molar-refractivity contribution is 9.10. The smallest absolute Gasteiger partial charge is 0.242 e. The van der Waals surface area contributed by atoms with Gasteiger partial charge in [-0.25, -0.2) is 0 Å². The molecule has 0 radical (unpaired) electrons. The van der Waals surface area contributed by atoms with E-state index in [-0.39, 0.29) is 17.9 Å². The van der Waals surface area contributed by atoms with Crippen molar-refractivity contribution in [1.82, 2.24) is 10.2 Å². The van der Waals surface area contributed by atoms with Crippen LogP contribution in [0.2, 0.25) is 0 Å². The minimum Gasteiger partial charge on any atom is -0.352 e. The number of amides is 2. The fourth-order valence-electron chi connectivity index (χ4n) is 2.98.